The molecule has 3 amide bonds. The van der Waals surface area contributed by atoms with Crippen molar-refractivity contribution in [1.29, 1.82) is 0 Å². The lowest BCUT2D eigenvalue weighted by molar-refractivity contribution is -0.120. The summed E-state index contributed by atoms with van der Waals surface area (Å²) in [6.07, 6.45) is 0.295. The SMILES string of the molecule is COc1ccc(NC(=O)Nc2ccc(CC(=O)NCc3cccs3)cc2)cc1. The van der Waals surface area contributed by atoms with Gasteiger partial charge in [-0.1, -0.05) is 18.2 Å². The van der Waals surface area contributed by atoms with Crippen molar-refractivity contribution in [3.63, 3.8) is 0 Å². The van der Waals surface area contributed by atoms with Gasteiger partial charge in [-0.05, 0) is 53.4 Å². The van der Waals surface area contributed by atoms with Gasteiger partial charge in [-0.15, -0.1) is 11.3 Å². The van der Waals surface area contributed by atoms with Gasteiger partial charge in [0.2, 0.25) is 5.91 Å². The molecule has 144 valence electrons. The van der Waals surface area contributed by atoms with Gasteiger partial charge in [-0.3, -0.25) is 4.79 Å². The molecule has 0 unspecified atom stereocenters. The van der Waals surface area contributed by atoms with Gasteiger partial charge in [0, 0.05) is 16.3 Å². The maximum Gasteiger partial charge on any atom is 0.323 e. The molecule has 0 bridgehead atoms. The largest absolute Gasteiger partial charge is 0.497 e. The van der Waals surface area contributed by atoms with E-state index in [0.717, 1.165) is 16.2 Å². The Bertz CT molecular complexity index is 907. The lowest BCUT2D eigenvalue weighted by Gasteiger charge is -2.09. The van der Waals surface area contributed by atoms with Crippen LogP contribution in [0.15, 0.2) is 66.0 Å². The second kappa shape index (κ2) is 9.57. The summed E-state index contributed by atoms with van der Waals surface area (Å²) in [6, 6.07) is 17.9. The Kier molecular flexibility index (Phi) is 6.64. The molecule has 0 saturated carbocycles. The number of benzene rings is 2. The lowest BCUT2D eigenvalue weighted by Crippen LogP contribution is -2.24. The number of urea groups is 1. The zero-order chi connectivity index (χ0) is 19.8. The van der Waals surface area contributed by atoms with Crippen LogP contribution >= 0.6 is 11.3 Å². The molecular weight excluding hydrogens is 374 g/mol. The molecule has 0 spiro atoms. The maximum absolute atomic E-state index is 12.1. The molecule has 6 nitrogen and oxygen atoms in total. The van der Waals surface area contributed by atoms with E-state index in [9.17, 15) is 9.59 Å². The van der Waals surface area contributed by atoms with Gasteiger partial charge < -0.3 is 20.7 Å². The number of methoxy groups -OCH3 is 1. The van der Waals surface area contributed by atoms with Gasteiger partial charge in [0.1, 0.15) is 5.75 Å². The highest BCUT2D eigenvalue weighted by molar-refractivity contribution is 7.09. The average molecular weight is 395 g/mol. The van der Waals surface area contributed by atoms with E-state index in [1.54, 1.807) is 54.8 Å². The Morgan fingerprint density at radius 1 is 0.929 bits per heavy atom. The highest BCUT2D eigenvalue weighted by atomic mass is 32.1. The number of ether oxygens (including phenoxy) is 1. The van der Waals surface area contributed by atoms with E-state index in [-0.39, 0.29) is 11.9 Å². The minimum Gasteiger partial charge on any atom is -0.497 e. The molecular formula is C21H21N3O3S. The number of rotatable bonds is 7. The van der Waals surface area contributed by atoms with Crippen LogP contribution in [0.1, 0.15) is 10.4 Å². The van der Waals surface area contributed by atoms with Gasteiger partial charge in [-0.2, -0.15) is 0 Å². The summed E-state index contributed by atoms with van der Waals surface area (Å²) in [5.74, 6) is 0.687. The quantitative estimate of drug-likeness (QED) is 0.559. The molecule has 3 N–H and O–H groups in total. The molecule has 1 aromatic heterocycles. The summed E-state index contributed by atoms with van der Waals surface area (Å²) < 4.78 is 5.09. The van der Waals surface area contributed by atoms with Crippen molar-refractivity contribution in [3.05, 3.63) is 76.5 Å². The van der Waals surface area contributed by atoms with E-state index in [1.807, 2.05) is 29.6 Å². The number of anilines is 2. The van der Waals surface area contributed by atoms with Gasteiger partial charge in [-0.25, -0.2) is 4.79 Å². The number of carbonyl (C=O) groups excluding carboxylic acids is 2. The fourth-order valence-electron chi connectivity index (χ4n) is 2.52. The number of nitrogens with one attached hydrogen (secondary N) is 3. The molecule has 1 heterocycles. The van der Waals surface area contributed by atoms with E-state index in [1.165, 1.54) is 0 Å². The molecule has 28 heavy (non-hydrogen) atoms. The Balaban J connectivity index is 1.46. The minimum absolute atomic E-state index is 0.0358. The topological polar surface area (TPSA) is 79.5 Å². The molecule has 2 aromatic carbocycles. The van der Waals surface area contributed by atoms with Crippen molar-refractivity contribution >= 4 is 34.6 Å². The van der Waals surface area contributed by atoms with E-state index < -0.39 is 0 Å². The average Bonchev–Trinajstić information content (AvgIpc) is 3.22. The number of hydrogen-bond acceptors (Lipinski definition) is 4. The van der Waals surface area contributed by atoms with Crippen molar-refractivity contribution in [1.82, 2.24) is 5.32 Å². The first-order chi connectivity index (χ1) is 13.6. The molecule has 7 heteroatoms. The van der Waals surface area contributed by atoms with E-state index in [0.29, 0.717) is 24.3 Å². The van der Waals surface area contributed by atoms with E-state index in [4.69, 9.17) is 4.74 Å². The molecule has 0 aliphatic carbocycles. The molecule has 3 aromatic rings. The molecule has 0 radical (unpaired) electrons. The Labute approximate surface area is 167 Å². The van der Waals surface area contributed by atoms with Crippen LogP contribution in [0.25, 0.3) is 0 Å². The van der Waals surface area contributed by atoms with Crippen molar-refractivity contribution < 1.29 is 14.3 Å². The Morgan fingerprint density at radius 3 is 2.14 bits per heavy atom. The van der Waals surface area contributed by atoms with Gasteiger partial charge in [0.05, 0.1) is 20.1 Å². The predicted molar refractivity (Wildman–Crippen MR) is 112 cm³/mol. The van der Waals surface area contributed by atoms with Crippen LogP contribution in [0.4, 0.5) is 16.2 Å². The maximum atomic E-state index is 12.1. The number of thiophene rings is 1. The van der Waals surface area contributed by atoms with Crippen LogP contribution in [0.5, 0.6) is 5.75 Å². The lowest BCUT2D eigenvalue weighted by atomic mass is 10.1. The van der Waals surface area contributed by atoms with Crippen LogP contribution in [-0.2, 0) is 17.8 Å². The summed E-state index contributed by atoms with van der Waals surface area (Å²) in [5, 5.41) is 10.4. The monoisotopic (exact) mass is 395 g/mol. The standard InChI is InChI=1S/C21H21N3O3S/c1-27-18-10-8-17(9-11-18)24-21(26)23-16-6-4-15(5-7-16)13-20(25)22-14-19-3-2-12-28-19/h2-12H,13-14H2,1H3,(H,22,25)(H2,23,24,26). The third-order valence-corrected chi connectivity index (χ3v) is 4.84. The summed E-state index contributed by atoms with van der Waals surface area (Å²) in [5.41, 5.74) is 2.19. The summed E-state index contributed by atoms with van der Waals surface area (Å²) in [6.45, 7) is 0.543. The minimum atomic E-state index is -0.341. The van der Waals surface area contributed by atoms with Crippen LogP contribution in [0.2, 0.25) is 0 Å². The first-order valence-electron chi connectivity index (χ1n) is 8.72. The molecule has 0 atom stereocenters. The summed E-state index contributed by atoms with van der Waals surface area (Å²) in [4.78, 5) is 25.2. The number of amides is 3. The van der Waals surface area contributed by atoms with Crippen LogP contribution in [-0.4, -0.2) is 19.0 Å². The van der Waals surface area contributed by atoms with E-state index in [2.05, 4.69) is 16.0 Å². The summed E-state index contributed by atoms with van der Waals surface area (Å²) in [7, 11) is 1.59. The first kappa shape index (κ1) is 19.4. The molecule has 0 aliphatic heterocycles. The van der Waals surface area contributed by atoms with Crippen LogP contribution in [0, 0.1) is 0 Å². The highest BCUT2D eigenvalue weighted by Gasteiger charge is 2.06. The molecule has 0 saturated heterocycles. The zero-order valence-electron chi connectivity index (χ0n) is 15.4. The van der Waals surface area contributed by atoms with Gasteiger partial charge >= 0.3 is 6.03 Å². The second-order valence-corrected chi connectivity index (χ2v) is 7.07. The molecule has 3 rings (SSSR count). The fourth-order valence-corrected chi connectivity index (χ4v) is 3.17. The predicted octanol–water partition coefficient (Wildman–Crippen LogP) is 4.26. The zero-order valence-corrected chi connectivity index (χ0v) is 16.2. The normalized spacial score (nSPS) is 10.2. The van der Waals surface area contributed by atoms with Crippen molar-refractivity contribution in [2.45, 2.75) is 13.0 Å². The number of carbonyl (C=O) groups is 2. The van der Waals surface area contributed by atoms with Gasteiger partial charge in [0.25, 0.3) is 0 Å². The third-order valence-electron chi connectivity index (χ3n) is 3.96. The van der Waals surface area contributed by atoms with Gasteiger partial charge in [0.15, 0.2) is 0 Å². The first-order valence-corrected chi connectivity index (χ1v) is 9.60. The molecule has 0 aliphatic rings. The second-order valence-electron chi connectivity index (χ2n) is 6.04. The smallest absolute Gasteiger partial charge is 0.323 e. The van der Waals surface area contributed by atoms with E-state index >= 15 is 0 Å². The third kappa shape index (κ3) is 5.85. The Hall–Kier alpha value is -3.32. The Morgan fingerprint density at radius 2 is 1.57 bits per heavy atom. The van der Waals surface area contributed by atoms with Crippen LogP contribution < -0.4 is 20.7 Å². The van der Waals surface area contributed by atoms with Crippen molar-refractivity contribution in [3.8, 4) is 5.75 Å². The molecule has 0 fully saturated rings. The van der Waals surface area contributed by atoms with Crippen molar-refractivity contribution in [2.24, 2.45) is 0 Å². The highest BCUT2D eigenvalue weighted by Crippen LogP contribution is 2.16. The fraction of sp³-hybridized carbons (Fsp3) is 0.143. The van der Waals surface area contributed by atoms with Crippen LogP contribution in [0.3, 0.4) is 0 Å². The van der Waals surface area contributed by atoms with Crippen molar-refractivity contribution in [2.75, 3.05) is 17.7 Å². The summed E-state index contributed by atoms with van der Waals surface area (Å²) >= 11 is 1.61. The number of hydrogen-bond donors (Lipinski definition) is 3.